The number of anilines is 1. The van der Waals surface area contributed by atoms with Crippen molar-refractivity contribution in [2.24, 2.45) is 0 Å². The molecule has 1 aromatic rings. The molecule has 0 atom stereocenters. The maximum Gasteiger partial charge on any atom is 0.211 e. The van der Waals surface area contributed by atoms with Gasteiger partial charge in [-0.15, -0.1) is 0 Å². The van der Waals surface area contributed by atoms with Crippen molar-refractivity contribution in [2.45, 2.75) is 38.8 Å². The molecule has 0 spiro atoms. The molecular weight excluding hydrogens is 418 g/mol. The molecule has 4 nitrogen and oxygen atoms in total. The van der Waals surface area contributed by atoms with Gasteiger partial charge in [-0.05, 0) is 67.5 Å². The lowest BCUT2D eigenvalue weighted by molar-refractivity contribution is 0.305. The molecule has 7 heteroatoms. The average molecular weight is 440 g/mol. The van der Waals surface area contributed by atoms with Crippen molar-refractivity contribution < 1.29 is 12.8 Å². The van der Waals surface area contributed by atoms with E-state index in [1.165, 1.54) is 16.6 Å². The van der Waals surface area contributed by atoms with Crippen LogP contribution in [0.5, 0.6) is 0 Å². The van der Waals surface area contributed by atoms with E-state index >= 15 is 0 Å². The van der Waals surface area contributed by atoms with Gasteiger partial charge in [-0.3, -0.25) is 0 Å². The molecule has 1 heterocycles. The minimum atomic E-state index is -3.12. The summed E-state index contributed by atoms with van der Waals surface area (Å²) in [6.45, 7) is 5.22. The van der Waals surface area contributed by atoms with Crippen LogP contribution < -0.4 is 4.90 Å². The normalized spacial score (nSPS) is 17.9. The monoisotopic (exact) mass is 440 g/mol. The second-order valence-electron chi connectivity index (χ2n) is 6.02. The Labute approximate surface area is 145 Å². The van der Waals surface area contributed by atoms with Gasteiger partial charge in [0.1, 0.15) is 5.82 Å². The molecule has 1 saturated heterocycles. The molecule has 124 valence electrons. The lowest BCUT2D eigenvalue weighted by atomic mass is 10.0. The highest BCUT2D eigenvalue weighted by molar-refractivity contribution is 14.1. The highest BCUT2D eigenvalue weighted by Crippen LogP contribution is 2.28. The molecule has 1 aliphatic rings. The number of piperidine rings is 1. The number of rotatable bonds is 4. The first-order chi connectivity index (χ1) is 10.2. The molecule has 1 aliphatic heterocycles. The molecule has 0 N–H and O–H groups in total. The van der Waals surface area contributed by atoms with Crippen LogP contribution >= 0.6 is 22.6 Å². The van der Waals surface area contributed by atoms with Crippen LogP contribution in [0, 0.1) is 9.39 Å². The van der Waals surface area contributed by atoms with Gasteiger partial charge in [0.25, 0.3) is 0 Å². The summed E-state index contributed by atoms with van der Waals surface area (Å²) in [6.07, 6.45) is 2.78. The van der Waals surface area contributed by atoms with E-state index in [0.29, 0.717) is 13.1 Å². The van der Waals surface area contributed by atoms with Crippen LogP contribution in [0.2, 0.25) is 0 Å². The van der Waals surface area contributed by atoms with Crippen LogP contribution in [0.4, 0.5) is 10.1 Å². The van der Waals surface area contributed by atoms with Gasteiger partial charge in [0.05, 0.1) is 6.26 Å². The second-order valence-corrected chi connectivity index (χ2v) is 9.25. The van der Waals surface area contributed by atoms with Crippen molar-refractivity contribution in [3.05, 3.63) is 27.6 Å². The predicted molar refractivity (Wildman–Crippen MR) is 96.2 cm³/mol. The summed E-state index contributed by atoms with van der Waals surface area (Å²) in [5.74, 6) is -0.235. The third-order valence-corrected chi connectivity index (χ3v) is 5.91. The molecule has 2 rings (SSSR count). The fourth-order valence-corrected chi connectivity index (χ4v) is 4.56. The molecule has 0 amide bonds. The molecule has 0 unspecified atom stereocenters. The van der Waals surface area contributed by atoms with Crippen molar-refractivity contribution in [1.82, 2.24) is 4.31 Å². The molecule has 1 aromatic carbocycles. The number of hydrogen-bond donors (Lipinski definition) is 0. The molecule has 0 radical (unpaired) electrons. The van der Waals surface area contributed by atoms with Gasteiger partial charge in [-0.2, -0.15) is 0 Å². The number of sulfonamides is 1. The minimum absolute atomic E-state index is 0.229. The van der Waals surface area contributed by atoms with Crippen LogP contribution in [0.1, 0.15) is 26.7 Å². The standard InChI is InChI=1S/C15H22FIN2O2S/c1-11(2)19(15-9-12(16)8-13(17)10-15)14-4-6-18(7-5-14)22(3,20)21/h8-11,14H,4-7H2,1-3H3. The number of halogens is 2. The molecule has 0 bridgehead atoms. The van der Waals surface area contributed by atoms with E-state index in [9.17, 15) is 12.8 Å². The van der Waals surface area contributed by atoms with E-state index in [2.05, 4.69) is 41.3 Å². The molecule has 0 saturated carbocycles. The maximum atomic E-state index is 13.7. The predicted octanol–water partition coefficient (Wildman–Crippen LogP) is 3.07. The van der Waals surface area contributed by atoms with Crippen LogP contribution in [0.15, 0.2) is 18.2 Å². The first-order valence-corrected chi connectivity index (χ1v) is 10.3. The minimum Gasteiger partial charge on any atom is -0.366 e. The van der Waals surface area contributed by atoms with Gasteiger partial charge in [-0.1, -0.05) is 0 Å². The maximum absolute atomic E-state index is 13.7. The van der Waals surface area contributed by atoms with Gasteiger partial charge >= 0.3 is 0 Å². The first-order valence-electron chi connectivity index (χ1n) is 7.38. The summed E-state index contributed by atoms with van der Waals surface area (Å²) >= 11 is 2.12. The lowest BCUT2D eigenvalue weighted by Crippen LogP contribution is -2.49. The van der Waals surface area contributed by atoms with Crippen molar-refractivity contribution >= 4 is 38.3 Å². The van der Waals surface area contributed by atoms with Crippen LogP contribution in [-0.4, -0.2) is 44.2 Å². The zero-order valence-electron chi connectivity index (χ0n) is 13.1. The highest BCUT2D eigenvalue weighted by atomic mass is 127. The molecular formula is C15H22FIN2O2S. The Morgan fingerprint density at radius 3 is 2.32 bits per heavy atom. The van der Waals surface area contributed by atoms with Gasteiger partial charge in [0.2, 0.25) is 10.0 Å². The van der Waals surface area contributed by atoms with Gasteiger partial charge in [0, 0.05) is 34.4 Å². The van der Waals surface area contributed by atoms with Crippen LogP contribution in [-0.2, 0) is 10.0 Å². The third kappa shape index (κ3) is 4.32. The summed E-state index contributed by atoms with van der Waals surface area (Å²) in [7, 11) is -3.12. The topological polar surface area (TPSA) is 40.6 Å². The Morgan fingerprint density at radius 2 is 1.86 bits per heavy atom. The summed E-state index contributed by atoms with van der Waals surface area (Å²) in [5, 5.41) is 0. The first kappa shape index (κ1) is 17.9. The summed E-state index contributed by atoms with van der Waals surface area (Å²) in [4.78, 5) is 2.21. The zero-order chi connectivity index (χ0) is 16.5. The quantitative estimate of drug-likeness (QED) is 0.676. The smallest absolute Gasteiger partial charge is 0.211 e. The summed E-state index contributed by atoms with van der Waals surface area (Å²) < 4.78 is 39.3. The van der Waals surface area contributed by atoms with E-state index in [1.807, 2.05) is 6.07 Å². The lowest BCUT2D eigenvalue weighted by Gasteiger charge is -2.41. The second kappa shape index (κ2) is 7.00. The zero-order valence-corrected chi connectivity index (χ0v) is 16.1. The summed E-state index contributed by atoms with van der Waals surface area (Å²) in [6, 6.07) is 5.51. The van der Waals surface area contributed by atoms with Crippen molar-refractivity contribution in [3.63, 3.8) is 0 Å². The van der Waals surface area contributed by atoms with E-state index in [1.54, 1.807) is 6.07 Å². The van der Waals surface area contributed by atoms with Crippen molar-refractivity contribution in [2.75, 3.05) is 24.2 Å². The van der Waals surface area contributed by atoms with Gasteiger partial charge in [0.15, 0.2) is 0 Å². The molecule has 22 heavy (non-hydrogen) atoms. The Balaban J connectivity index is 2.20. The third-order valence-electron chi connectivity index (χ3n) is 3.99. The average Bonchev–Trinajstić information content (AvgIpc) is 2.36. The SMILES string of the molecule is CC(C)N(c1cc(F)cc(I)c1)C1CCN(S(C)(=O)=O)CC1. The largest absolute Gasteiger partial charge is 0.366 e. The molecule has 0 aliphatic carbocycles. The number of hydrogen-bond acceptors (Lipinski definition) is 3. The van der Waals surface area contributed by atoms with Gasteiger partial charge < -0.3 is 4.90 Å². The fraction of sp³-hybridized carbons (Fsp3) is 0.600. The summed E-state index contributed by atoms with van der Waals surface area (Å²) in [5.41, 5.74) is 0.872. The molecule has 1 fully saturated rings. The number of nitrogens with zero attached hydrogens (tertiary/aromatic N) is 2. The van der Waals surface area contributed by atoms with Gasteiger partial charge in [-0.25, -0.2) is 17.1 Å². The van der Waals surface area contributed by atoms with Crippen LogP contribution in [0.25, 0.3) is 0 Å². The Morgan fingerprint density at radius 1 is 1.27 bits per heavy atom. The van der Waals surface area contributed by atoms with E-state index < -0.39 is 10.0 Å². The van der Waals surface area contributed by atoms with Crippen LogP contribution in [0.3, 0.4) is 0 Å². The Bertz CT molecular complexity index is 608. The molecule has 0 aromatic heterocycles. The Hall–Kier alpha value is -0.410. The highest BCUT2D eigenvalue weighted by Gasteiger charge is 2.30. The fourth-order valence-electron chi connectivity index (χ4n) is 3.07. The number of benzene rings is 1. The van der Waals surface area contributed by atoms with E-state index in [0.717, 1.165) is 22.1 Å². The van der Waals surface area contributed by atoms with Crippen molar-refractivity contribution in [3.8, 4) is 0 Å². The van der Waals surface area contributed by atoms with E-state index in [4.69, 9.17) is 0 Å². The van der Waals surface area contributed by atoms with Crippen molar-refractivity contribution in [1.29, 1.82) is 0 Å². The van der Waals surface area contributed by atoms with E-state index in [-0.39, 0.29) is 17.9 Å². The Kier molecular flexibility index (Phi) is 5.71.